The zero-order valence-corrected chi connectivity index (χ0v) is 39.9. The van der Waals surface area contributed by atoms with Crippen molar-refractivity contribution in [2.24, 2.45) is 11.8 Å². The number of esters is 2. The molecule has 1 rings (SSSR count). The third kappa shape index (κ3) is 32.4. The summed E-state index contributed by atoms with van der Waals surface area (Å²) in [5.74, 6) is -1.39. The van der Waals surface area contributed by atoms with Crippen LogP contribution in [0.2, 0.25) is 0 Å². The summed E-state index contributed by atoms with van der Waals surface area (Å²) in [4.78, 5) is 35.6. The lowest BCUT2D eigenvalue weighted by molar-refractivity contribution is -0.870. The molecule has 1 aliphatic carbocycles. The molecule has 1 unspecified atom stereocenters. The molecule has 0 saturated heterocycles. The molecule has 1 saturated carbocycles. The van der Waals surface area contributed by atoms with Crippen LogP contribution in [-0.4, -0.2) is 109 Å². The van der Waals surface area contributed by atoms with Gasteiger partial charge in [-0.15, -0.1) is 0 Å². The van der Waals surface area contributed by atoms with Gasteiger partial charge < -0.3 is 34.2 Å². The van der Waals surface area contributed by atoms with Gasteiger partial charge in [0.25, 0.3) is 0 Å². The van der Waals surface area contributed by atoms with Gasteiger partial charge in [-0.05, 0) is 63.7 Å². The first kappa shape index (κ1) is 57.1. The number of aliphatic hydroxyl groups excluding tert-OH is 3. The zero-order valence-electron chi connectivity index (χ0n) is 39.0. The Hall–Kier alpha value is -1.89. The molecule has 1 fully saturated rings. The van der Waals surface area contributed by atoms with Crippen molar-refractivity contribution in [3.05, 3.63) is 36.5 Å². The third-order valence-corrected chi connectivity index (χ3v) is 12.2. The number of unbranched alkanes of at least 4 members (excludes halogenated alkanes) is 16. The summed E-state index contributed by atoms with van der Waals surface area (Å²) >= 11 is 0. The molecule has 356 valence electrons. The molecule has 0 spiro atoms. The number of hydrogen-bond acceptors (Lipinski definition) is 10. The molecular weight excluding hydrogens is 797 g/mol. The van der Waals surface area contributed by atoms with E-state index in [0.717, 1.165) is 44.9 Å². The van der Waals surface area contributed by atoms with Crippen molar-refractivity contribution in [1.29, 1.82) is 0 Å². The Kier molecular flexibility index (Phi) is 33.2. The quantitative estimate of drug-likeness (QED) is 0.0152. The molecule has 13 heteroatoms. The van der Waals surface area contributed by atoms with E-state index >= 15 is 0 Å². The lowest BCUT2D eigenvalue weighted by atomic mass is 9.89. The lowest BCUT2D eigenvalue weighted by Gasteiger charge is -2.24. The van der Waals surface area contributed by atoms with Gasteiger partial charge in [0.1, 0.15) is 19.8 Å². The first-order chi connectivity index (χ1) is 29.2. The number of carbonyl (C=O) groups is 2. The van der Waals surface area contributed by atoms with Crippen molar-refractivity contribution in [2.75, 3.05) is 47.5 Å². The number of allylic oxidation sites excluding steroid dienone is 4. The second-order valence-corrected chi connectivity index (χ2v) is 19.6. The van der Waals surface area contributed by atoms with E-state index in [0.29, 0.717) is 49.6 Å². The molecule has 61 heavy (non-hydrogen) atoms. The van der Waals surface area contributed by atoms with Crippen LogP contribution in [0.15, 0.2) is 36.5 Å². The van der Waals surface area contributed by atoms with Gasteiger partial charge in [-0.1, -0.05) is 134 Å². The van der Waals surface area contributed by atoms with E-state index in [1.54, 1.807) is 6.08 Å². The fourth-order valence-corrected chi connectivity index (χ4v) is 8.10. The molecule has 4 N–H and O–H groups in total. The highest BCUT2D eigenvalue weighted by Gasteiger charge is 2.39. The van der Waals surface area contributed by atoms with Crippen molar-refractivity contribution < 1.29 is 57.4 Å². The molecule has 0 aromatic carbocycles. The van der Waals surface area contributed by atoms with Gasteiger partial charge in [0.15, 0.2) is 6.10 Å². The average Bonchev–Trinajstić information content (AvgIpc) is 3.47. The topological polar surface area (TPSA) is 169 Å². The number of rotatable bonds is 39. The summed E-state index contributed by atoms with van der Waals surface area (Å²) in [5.41, 5.74) is 0. The van der Waals surface area contributed by atoms with Crippen molar-refractivity contribution in [3.63, 3.8) is 0 Å². The van der Waals surface area contributed by atoms with E-state index in [9.17, 15) is 34.4 Å². The van der Waals surface area contributed by atoms with E-state index in [1.807, 2.05) is 39.4 Å². The Morgan fingerprint density at radius 3 is 1.90 bits per heavy atom. The van der Waals surface area contributed by atoms with Crippen molar-refractivity contribution in [1.82, 2.24) is 0 Å². The van der Waals surface area contributed by atoms with Crippen LogP contribution < -0.4 is 0 Å². The Bertz CT molecular complexity index is 1250. The van der Waals surface area contributed by atoms with Crippen LogP contribution in [-0.2, 0) is 32.7 Å². The first-order valence-corrected chi connectivity index (χ1v) is 25.5. The normalized spacial score (nSPS) is 20.5. The Balaban J connectivity index is 2.46. The second kappa shape index (κ2) is 35.5. The Labute approximate surface area is 370 Å². The molecule has 0 aromatic heterocycles. The summed E-state index contributed by atoms with van der Waals surface area (Å²) in [5, 5.41) is 31.4. The monoisotopic (exact) mass is 887 g/mol. The summed E-state index contributed by atoms with van der Waals surface area (Å²) in [6, 6.07) is 0. The predicted octanol–water partition coefficient (Wildman–Crippen LogP) is 10.1. The Morgan fingerprint density at radius 1 is 0.705 bits per heavy atom. The van der Waals surface area contributed by atoms with Crippen molar-refractivity contribution in [2.45, 2.75) is 199 Å². The fourth-order valence-electron chi connectivity index (χ4n) is 7.36. The number of likely N-dealkylation sites (N-methyl/N-ethyl adjacent to an activating group) is 1. The van der Waals surface area contributed by atoms with E-state index in [2.05, 4.69) is 26.0 Å². The minimum absolute atomic E-state index is 0.00826. The predicted molar refractivity (Wildman–Crippen MR) is 245 cm³/mol. The zero-order chi connectivity index (χ0) is 45.2. The molecule has 0 aliphatic heterocycles. The first-order valence-electron chi connectivity index (χ1n) is 24.0. The van der Waals surface area contributed by atoms with Gasteiger partial charge >= 0.3 is 19.8 Å². The van der Waals surface area contributed by atoms with Gasteiger partial charge in [0.05, 0.1) is 46.1 Å². The van der Waals surface area contributed by atoms with Crippen LogP contribution in [0.5, 0.6) is 0 Å². The van der Waals surface area contributed by atoms with E-state index in [4.69, 9.17) is 18.5 Å². The maximum absolute atomic E-state index is 12.8. The standard InChI is InChI=1S/C48H88NO11P/c1-6-8-10-11-12-13-14-15-16-17-18-19-20-21-22-23-29-33-48(54)60-42(40-59-61(55,56)58-37-36-49(3,4)5)39-57-47(53)32-28-25-24-27-31-43-44(46(52)38-45(43)51)35-34-41(50)30-26-9-7-2/h15-16,24,27,34-35,41-46,50-52H,6-14,17-23,25-26,28-33,36-40H2,1-5H3/p+1/b16-15-,27-24+,35-34+/t41-,42+,43+,44+,45-,46+/m0/s1. The highest BCUT2D eigenvalue weighted by Crippen LogP contribution is 2.43. The SMILES string of the molecule is CCCCCCCC/C=C\CCCCCCCCCC(=O)O[C@H](COC(=O)CCC/C=C/C[C@@H]1[C@@H](/C=C/[C@@H](O)CCCCC)[C@H](O)C[C@@H]1O)COP(=O)(O)OCC[N+](C)(C)C. The van der Waals surface area contributed by atoms with Crippen LogP contribution in [0.3, 0.4) is 0 Å². The summed E-state index contributed by atoms with van der Waals surface area (Å²) < 4.78 is 34.3. The lowest BCUT2D eigenvalue weighted by Crippen LogP contribution is -2.37. The smallest absolute Gasteiger partial charge is 0.462 e. The number of phosphoric ester groups is 1. The molecule has 7 atom stereocenters. The summed E-state index contributed by atoms with van der Waals surface area (Å²) in [7, 11) is 1.34. The maximum atomic E-state index is 12.8. The molecule has 0 radical (unpaired) electrons. The van der Waals surface area contributed by atoms with Gasteiger partial charge in [-0.3, -0.25) is 18.6 Å². The highest BCUT2D eigenvalue weighted by molar-refractivity contribution is 7.47. The van der Waals surface area contributed by atoms with Crippen LogP contribution in [0.4, 0.5) is 0 Å². The van der Waals surface area contributed by atoms with Gasteiger partial charge in [-0.2, -0.15) is 0 Å². The van der Waals surface area contributed by atoms with E-state index < -0.39 is 50.8 Å². The largest absolute Gasteiger partial charge is 0.472 e. The molecule has 1 aliphatic rings. The molecule has 12 nitrogen and oxygen atoms in total. The number of hydrogen-bond donors (Lipinski definition) is 4. The number of carbonyl (C=O) groups excluding carboxylic acids is 2. The average molecular weight is 887 g/mol. The van der Waals surface area contributed by atoms with Gasteiger partial charge in [-0.25, -0.2) is 4.57 Å². The summed E-state index contributed by atoms with van der Waals surface area (Å²) in [6.07, 6.45) is 32.8. The van der Waals surface area contributed by atoms with Crippen LogP contribution in [0.1, 0.15) is 174 Å². The number of aliphatic hydroxyl groups is 3. The molecule has 0 aromatic rings. The molecule has 0 amide bonds. The van der Waals surface area contributed by atoms with E-state index in [1.165, 1.54) is 64.2 Å². The van der Waals surface area contributed by atoms with E-state index in [-0.39, 0.29) is 37.9 Å². The summed E-state index contributed by atoms with van der Waals surface area (Å²) in [6.45, 7) is 4.04. The maximum Gasteiger partial charge on any atom is 0.472 e. The van der Waals surface area contributed by atoms with Crippen LogP contribution in [0.25, 0.3) is 0 Å². The Morgan fingerprint density at radius 2 is 1.26 bits per heavy atom. The third-order valence-electron chi connectivity index (χ3n) is 11.2. The molecule has 0 bridgehead atoms. The molecular formula is C48H89NO11P+. The van der Waals surface area contributed by atoms with Gasteiger partial charge in [0.2, 0.25) is 0 Å². The van der Waals surface area contributed by atoms with Crippen LogP contribution >= 0.6 is 7.82 Å². The number of ether oxygens (including phenoxy) is 2. The number of phosphoric acid groups is 1. The fraction of sp³-hybridized carbons (Fsp3) is 0.833. The number of quaternary nitrogens is 1. The second-order valence-electron chi connectivity index (χ2n) is 18.1. The van der Waals surface area contributed by atoms with Crippen molar-refractivity contribution in [3.8, 4) is 0 Å². The van der Waals surface area contributed by atoms with Crippen LogP contribution in [0, 0.1) is 11.8 Å². The van der Waals surface area contributed by atoms with Crippen molar-refractivity contribution >= 4 is 19.8 Å². The minimum Gasteiger partial charge on any atom is -0.462 e. The highest BCUT2D eigenvalue weighted by atomic mass is 31.2. The number of nitrogens with zero attached hydrogens (tertiary/aromatic N) is 1. The molecule has 0 heterocycles. The minimum atomic E-state index is -4.44. The van der Waals surface area contributed by atoms with Gasteiger partial charge in [0, 0.05) is 25.2 Å².